The number of ether oxygens (including phenoxy) is 1. The van der Waals surface area contributed by atoms with Crippen molar-refractivity contribution in [3.05, 3.63) is 103 Å². The second-order valence-electron chi connectivity index (χ2n) is 7.69. The highest BCUT2D eigenvalue weighted by Gasteiger charge is 2.19. The molecule has 2 heterocycles. The summed E-state index contributed by atoms with van der Waals surface area (Å²) in [6, 6.07) is 17.0. The van der Waals surface area contributed by atoms with Gasteiger partial charge in [-0.25, -0.2) is 0 Å². The Balaban J connectivity index is 1.84. The normalized spacial score (nSPS) is 11.2. The van der Waals surface area contributed by atoms with Crippen LogP contribution in [-0.4, -0.2) is 15.3 Å². The lowest BCUT2D eigenvalue weighted by Gasteiger charge is -2.12. The molecule has 0 spiro atoms. The average Bonchev–Trinajstić information content (AvgIpc) is 2.83. The van der Waals surface area contributed by atoms with E-state index in [1.165, 1.54) is 16.5 Å². The summed E-state index contributed by atoms with van der Waals surface area (Å²) >= 11 is 12.2. The molecule has 0 unspecified atom stereocenters. The van der Waals surface area contributed by atoms with Crippen molar-refractivity contribution in [3.8, 4) is 17.7 Å². The number of nitrogens with one attached hydrogen (secondary N) is 1. The van der Waals surface area contributed by atoms with Crippen LogP contribution in [0.1, 0.15) is 16.7 Å². The quantitative estimate of drug-likeness (QED) is 0.267. The highest BCUT2D eigenvalue weighted by Crippen LogP contribution is 2.32. The number of carbonyl (C=O) groups excluding carboxylic acids is 1. The molecule has 0 aliphatic carbocycles. The molecule has 1 amide bonds. The largest absolute Gasteiger partial charge is 0.437 e. The van der Waals surface area contributed by atoms with E-state index in [1.807, 2.05) is 25.1 Å². The smallest absolute Gasteiger partial charge is 0.269 e. The monoisotopic (exact) mass is 504 g/mol. The summed E-state index contributed by atoms with van der Waals surface area (Å²) in [5.74, 6) is -0.580. The Hall–Kier alpha value is -4.12. The van der Waals surface area contributed by atoms with E-state index in [4.69, 9.17) is 27.9 Å². The fourth-order valence-corrected chi connectivity index (χ4v) is 3.73. The van der Waals surface area contributed by atoms with Gasteiger partial charge in [-0.05, 0) is 61.9 Å². The molecule has 0 aliphatic heterocycles. The zero-order valence-corrected chi connectivity index (χ0v) is 20.2. The predicted octanol–water partition coefficient (Wildman–Crippen LogP) is 5.96. The Morgan fingerprint density at radius 3 is 2.57 bits per heavy atom. The molecule has 2 aromatic heterocycles. The molecule has 9 heteroatoms. The van der Waals surface area contributed by atoms with E-state index in [9.17, 15) is 14.9 Å². The van der Waals surface area contributed by atoms with Gasteiger partial charge < -0.3 is 10.1 Å². The molecular weight excluding hydrogens is 487 g/mol. The minimum absolute atomic E-state index is 0.0882. The summed E-state index contributed by atoms with van der Waals surface area (Å²) in [5.41, 5.74) is 1.71. The van der Waals surface area contributed by atoms with Crippen LogP contribution in [0.5, 0.6) is 11.6 Å². The summed E-state index contributed by atoms with van der Waals surface area (Å²) in [5, 5.41) is 13.0. The van der Waals surface area contributed by atoms with Crippen LogP contribution in [0.4, 0.5) is 5.69 Å². The van der Waals surface area contributed by atoms with E-state index in [0.29, 0.717) is 16.4 Å². The van der Waals surface area contributed by atoms with Crippen LogP contribution in [0.3, 0.4) is 0 Å². The van der Waals surface area contributed by atoms with Gasteiger partial charge in [0.05, 0.1) is 5.02 Å². The van der Waals surface area contributed by atoms with Crippen molar-refractivity contribution in [2.24, 2.45) is 0 Å². The fraction of sp³-hybridized carbons (Fsp3) is 0.0769. The number of carbonyl (C=O) groups is 1. The number of fused-ring (bicyclic) bond motifs is 1. The van der Waals surface area contributed by atoms with Gasteiger partial charge in [-0.1, -0.05) is 47.0 Å². The standard InChI is InChI=1S/C26H18Cl2N4O3/c1-15-5-8-19(9-6-15)30-24(33)17(14-29)12-20-25(35-22-10-7-18(27)13-21(22)28)31-23-16(2)4-3-11-32(23)26(20)34/h3-13H,1-2H3,(H,30,33). The summed E-state index contributed by atoms with van der Waals surface area (Å²) in [4.78, 5) is 30.7. The summed E-state index contributed by atoms with van der Waals surface area (Å²) in [6.07, 6.45) is 2.71. The van der Waals surface area contributed by atoms with Crippen LogP contribution in [-0.2, 0) is 4.79 Å². The lowest BCUT2D eigenvalue weighted by molar-refractivity contribution is -0.112. The molecule has 0 atom stereocenters. The molecule has 4 rings (SSSR count). The number of pyridine rings is 1. The Bertz CT molecular complexity index is 1590. The maximum atomic E-state index is 13.4. The van der Waals surface area contributed by atoms with E-state index < -0.39 is 11.5 Å². The number of aromatic nitrogens is 2. The summed E-state index contributed by atoms with van der Waals surface area (Å²) in [6.45, 7) is 3.72. The Morgan fingerprint density at radius 1 is 1.14 bits per heavy atom. The van der Waals surface area contributed by atoms with Gasteiger partial charge in [0, 0.05) is 16.9 Å². The van der Waals surface area contributed by atoms with Crippen molar-refractivity contribution < 1.29 is 9.53 Å². The van der Waals surface area contributed by atoms with Gasteiger partial charge in [0.1, 0.15) is 28.6 Å². The minimum Gasteiger partial charge on any atom is -0.437 e. The van der Waals surface area contributed by atoms with Gasteiger partial charge in [-0.3, -0.25) is 14.0 Å². The molecule has 174 valence electrons. The number of amides is 1. The first kappa shape index (κ1) is 24.0. The molecule has 0 saturated carbocycles. The zero-order chi connectivity index (χ0) is 25.1. The van der Waals surface area contributed by atoms with Crippen LogP contribution < -0.4 is 15.6 Å². The predicted molar refractivity (Wildman–Crippen MR) is 136 cm³/mol. The molecule has 0 aliphatic rings. The second-order valence-corrected chi connectivity index (χ2v) is 8.53. The molecule has 2 aromatic carbocycles. The lowest BCUT2D eigenvalue weighted by atomic mass is 10.1. The lowest BCUT2D eigenvalue weighted by Crippen LogP contribution is -2.20. The van der Waals surface area contributed by atoms with E-state index in [2.05, 4.69) is 10.3 Å². The van der Waals surface area contributed by atoms with Crippen LogP contribution in [0.2, 0.25) is 10.0 Å². The number of benzene rings is 2. The van der Waals surface area contributed by atoms with Crippen molar-refractivity contribution in [1.82, 2.24) is 9.38 Å². The number of aryl methyl sites for hydroxylation is 2. The third-order valence-electron chi connectivity index (χ3n) is 5.11. The van der Waals surface area contributed by atoms with Crippen molar-refractivity contribution in [1.29, 1.82) is 5.26 Å². The number of anilines is 1. The highest BCUT2D eigenvalue weighted by atomic mass is 35.5. The van der Waals surface area contributed by atoms with E-state index in [1.54, 1.807) is 43.5 Å². The van der Waals surface area contributed by atoms with Crippen molar-refractivity contribution in [2.75, 3.05) is 5.32 Å². The number of nitrogens with zero attached hydrogens (tertiary/aromatic N) is 3. The molecule has 0 saturated heterocycles. The Morgan fingerprint density at radius 2 is 1.89 bits per heavy atom. The van der Waals surface area contributed by atoms with Crippen LogP contribution in [0, 0.1) is 25.2 Å². The highest BCUT2D eigenvalue weighted by molar-refractivity contribution is 6.35. The van der Waals surface area contributed by atoms with Crippen LogP contribution in [0.15, 0.2) is 71.2 Å². The third kappa shape index (κ3) is 5.19. The van der Waals surface area contributed by atoms with Gasteiger partial charge in [0.2, 0.25) is 5.88 Å². The SMILES string of the molecule is Cc1ccc(NC(=O)C(C#N)=Cc2c(Oc3ccc(Cl)cc3Cl)nc3c(C)cccn3c2=O)cc1. The summed E-state index contributed by atoms with van der Waals surface area (Å²) in [7, 11) is 0. The van der Waals surface area contributed by atoms with Gasteiger partial charge >= 0.3 is 0 Å². The maximum absolute atomic E-state index is 13.4. The first-order chi connectivity index (χ1) is 16.8. The molecule has 4 aromatic rings. The first-order valence-electron chi connectivity index (χ1n) is 10.4. The van der Waals surface area contributed by atoms with Gasteiger partial charge in [0.25, 0.3) is 11.5 Å². The fourth-order valence-electron chi connectivity index (χ4n) is 3.28. The number of hydrogen-bond donors (Lipinski definition) is 1. The van der Waals surface area contributed by atoms with Gasteiger partial charge in [-0.15, -0.1) is 0 Å². The molecule has 1 N–H and O–H groups in total. The Labute approximate surface area is 210 Å². The molecule has 7 nitrogen and oxygen atoms in total. The van der Waals surface area contributed by atoms with Crippen molar-refractivity contribution in [2.45, 2.75) is 13.8 Å². The first-order valence-corrected chi connectivity index (χ1v) is 11.2. The summed E-state index contributed by atoms with van der Waals surface area (Å²) < 4.78 is 7.22. The number of halogens is 2. The van der Waals surface area contributed by atoms with Gasteiger partial charge in [-0.2, -0.15) is 10.2 Å². The van der Waals surface area contributed by atoms with Crippen molar-refractivity contribution >= 4 is 46.5 Å². The molecule has 35 heavy (non-hydrogen) atoms. The second kappa shape index (κ2) is 10.0. The number of rotatable bonds is 5. The molecule has 0 bridgehead atoms. The van der Waals surface area contributed by atoms with E-state index in [0.717, 1.165) is 17.2 Å². The third-order valence-corrected chi connectivity index (χ3v) is 5.64. The van der Waals surface area contributed by atoms with Crippen LogP contribution in [0.25, 0.3) is 11.7 Å². The maximum Gasteiger partial charge on any atom is 0.269 e. The molecular formula is C26H18Cl2N4O3. The average molecular weight is 505 g/mol. The zero-order valence-electron chi connectivity index (χ0n) is 18.7. The number of nitriles is 1. The topological polar surface area (TPSA) is 96.5 Å². The van der Waals surface area contributed by atoms with Crippen molar-refractivity contribution in [3.63, 3.8) is 0 Å². The molecule has 0 radical (unpaired) electrons. The number of hydrogen-bond acceptors (Lipinski definition) is 5. The van der Waals surface area contributed by atoms with Crippen LogP contribution >= 0.6 is 23.2 Å². The van der Waals surface area contributed by atoms with E-state index in [-0.39, 0.29) is 27.8 Å². The van der Waals surface area contributed by atoms with Gasteiger partial charge in [0.15, 0.2) is 0 Å². The van der Waals surface area contributed by atoms with E-state index >= 15 is 0 Å². The minimum atomic E-state index is -0.680. The Kier molecular flexibility index (Phi) is 6.87. The molecule has 0 fully saturated rings.